The first-order chi connectivity index (χ1) is 21.9. The molecule has 0 N–H and O–H groups in total. The largest absolute Gasteiger partial charge is 0.492 e. The Morgan fingerprint density at radius 1 is 0.933 bits per heavy atom. The number of rotatable bonds is 6. The maximum Gasteiger partial charge on any atom is 0.257 e. The van der Waals surface area contributed by atoms with E-state index in [1.165, 1.54) is 0 Å². The molecule has 5 rings (SSSR count). The number of aromatic nitrogens is 1. The summed E-state index contributed by atoms with van der Waals surface area (Å²) >= 11 is 0. The molecule has 0 bridgehead atoms. The Bertz CT molecular complexity index is 1460. The van der Waals surface area contributed by atoms with Crippen molar-refractivity contribution in [1.29, 1.82) is 5.26 Å². The van der Waals surface area contributed by atoms with Crippen LogP contribution < -0.4 is 9.64 Å². The van der Waals surface area contributed by atoms with Gasteiger partial charge in [0.25, 0.3) is 5.91 Å². The fourth-order valence-corrected chi connectivity index (χ4v) is 6.66. The lowest BCUT2D eigenvalue weighted by molar-refractivity contribution is -0.138. The SMILES string of the molecule is CCC(CC)C(=O)N1CCC2(CCCN(c3ccc(C#N)cn3)CCN(Cc3ccccc3)C(=O)c3ccccc3OC2)CC1. The fraction of sp³-hybridized carbons (Fsp3) is 0.459. The van der Waals surface area contributed by atoms with Gasteiger partial charge in [-0.25, -0.2) is 4.98 Å². The molecule has 1 fully saturated rings. The molecule has 3 aromatic rings. The number of amides is 2. The number of fused-ring (bicyclic) bond motifs is 1. The molecule has 2 amide bonds. The lowest BCUT2D eigenvalue weighted by Gasteiger charge is -2.43. The summed E-state index contributed by atoms with van der Waals surface area (Å²) in [6.07, 6.45) is 6.93. The minimum absolute atomic E-state index is 0.0684. The molecule has 0 atom stereocenters. The van der Waals surface area contributed by atoms with Gasteiger partial charge in [-0.2, -0.15) is 5.26 Å². The Kier molecular flexibility index (Phi) is 10.7. The third-order valence-corrected chi connectivity index (χ3v) is 9.60. The number of nitrogens with zero attached hydrogens (tertiary/aromatic N) is 5. The third-order valence-electron chi connectivity index (χ3n) is 9.60. The highest BCUT2D eigenvalue weighted by molar-refractivity contribution is 5.97. The average Bonchev–Trinajstić information content (AvgIpc) is 3.10. The van der Waals surface area contributed by atoms with Crippen LogP contribution in [0.4, 0.5) is 5.82 Å². The highest BCUT2D eigenvalue weighted by Gasteiger charge is 2.38. The average molecular weight is 608 g/mol. The van der Waals surface area contributed by atoms with Gasteiger partial charge in [0, 0.05) is 56.8 Å². The molecule has 1 saturated heterocycles. The monoisotopic (exact) mass is 607 g/mol. The van der Waals surface area contributed by atoms with E-state index in [-0.39, 0.29) is 23.1 Å². The summed E-state index contributed by atoms with van der Waals surface area (Å²) in [5.74, 6) is 1.70. The Morgan fingerprint density at radius 2 is 1.67 bits per heavy atom. The number of benzene rings is 2. The minimum Gasteiger partial charge on any atom is -0.492 e. The van der Waals surface area contributed by atoms with E-state index in [4.69, 9.17) is 4.74 Å². The van der Waals surface area contributed by atoms with E-state index in [0.717, 1.165) is 69.5 Å². The fourth-order valence-electron chi connectivity index (χ4n) is 6.66. The lowest BCUT2D eigenvalue weighted by Crippen LogP contribution is -2.47. The molecular weight excluding hydrogens is 562 g/mol. The van der Waals surface area contributed by atoms with Gasteiger partial charge < -0.3 is 19.4 Å². The Balaban J connectivity index is 1.44. The zero-order chi connectivity index (χ0) is 31.6. The van der Waals surface area contributed by atoms with Gasteiger partial charge in [-0.3, -0.25) is 9.59 Å². The van der Waals surface area contributed by atoms with Gasteiger partial charge in [-0.05, 0) is 68.4 Å². The van der Waals surface area contributed by atoms with E-state index >= 15 is 0 Å². The quantitative estimate of drug-likeness (QED) is 0.326. The van der Waals surface area contributed by atoms with Gasteiger partial charge in [-0.15, -0.1) is 0 Å². The highest BCUT2D eigenvalue weighted by Crippen LogP contribution is 2.38. The summed E-state index contributed by atoms with van der Waals surface area (Å²) in [6.45, 7) is 8.48. The molecule has 2 aliphatic rings. The number of hydrogen-bond acceptors (Lipinski definition) is 6. The van der Waals surface area contributed by atoms with Crippen molar-refractivity contribution in [2.75, 3.05) is 44.2 Å². The van der Waals surface area contributed by atoms with Crippen LogP contribution in [0.2, 0.25) is 0 Å². The number of anilines is 1. The van der Waals surface area contributed by atoms with Gasteiger partial charge in [0.05, 0.1) is 17.7 Å². The lowest BCUT2D eigenvalue weighted by atomic mass is 9.75. The van der Waals surface area contributed by atoms with Crippen molar-refractivity contribution in [3.05, 3.63) is 89.6 Å². The standard InChI is InChI=1S/C37H45N5O3/c1-3-31(4-2)35(43)41-21-18-37(19-22-41)17-10-20-40(34-16-15-30(25-38)26-39-34)23-24-42(27-29-11-6-5-7-12-29)36(44)32-13-8-9-14-33(32)45-28-37/h5-9,11-16,26,31H,3-4,10,17-24,27-28H2,1-2H3. The summed E-state index contributed by atoms with van der Waals surface area (Å²) in [5, 5.41) is 9.33. The second kappa shape index (κ2) is 15.1. The molecule has 0 radical (unpaired) electrons. The number of para-hydroxylation sites is 1. The van der Waals surface area contributed by atoms with E-state index in [9.17, 15) is 14.9 Å². The number of pyridine rings is 1. The number of nitriles is 1. The van der Waals surface area contributed by atoms with Crippen LogP contribution in [0.15, 0.2) is 72.9 Å². The molecule has 2 aliphatic heterocycles. The van der Waals surface area contributed by atoms with Gasteiger partial charge in [0.2, 0.25) is 5.91 Å². The predicted molar refractivity (Wildman–Crippen MR) is 176 cm³/mol. The first-order valence-corrected chi connectivity index (χ1v) is 16.4. The van der Waals surface area contributed by atoms with Gasteiger partial charge in [0.1, 0.15) is 17.6 Å². The van der Waals surface area contributed by atoms with E-state index in [2.05, 4.69) is 34.7 Å². The van der Waals surface area contributed by atoms with E-state index in [1.54, 1.807) is 12.3 Å². The van der Waals surface area contributed by atoms with Crippen molar-refractivity contribution in [1.82, 2.24) is 14.8 Å². The molecule has 3 heterocycles. The normalized spacial score (nSPS) is 17.5. The summed E-state index contributed by atoms with van der Waals surface area (Å²) in [5.41, 5.74) is 2.04. The number of piperidine rings is 1. The molecule has 45 heavy (non-hydrogen) atoms. The molecule has 0 saturated carbocycles. The summed E-state index contributed by atoms with van der Waals surface area (Å²) < 4.78 is 6.58. The maximum atomic E-state index is 14.2. The van der Waals surface area contributed by atoms with Crippen LogP contribution in [0.1, 0.15) is 73.9 Å². The Morgan fingerprint density at radius 3 is 2.36 bits per heavy atom. The van der Waals surface area contributed by atoms with Crippen molar-refractivity contribution >= 4 is 17.6 Å². The molecule has 8 heteroatoms. The number of carbonyl (C=O) groups is 2. The zero-order valence-corrected chi connectivity index (χ0v) is 26.7. The molecule has 1 spiro atoms. The second-order valence-corrected chi connectivity index (χ2v) is 12.4. The molecular formula is C37H45N5O3. The smallest absolute Gasteiger partial charge is 0.257 e. The van der Waals surface area contributed by atoms with Gasteiger partial charge in [0.15, 0.2) is 0 Å². The summed E-state index contributed by atoms with van der Waals surface area (Å²) in [7, 11) is 0. The van der Waals surface area contributed by atoms with Gasteiger partial charge in [-0.1, -0.05) is 56.3 Å². The number of ether oxygens (including phenoxy) is 1. The van der Waals surface area contributed by atoms with Crippen molar-refractivity contribution in [2.45, 2.75) is 58.9 Å². The van der Waals surface area contributed by atoms with Crippen LogP contribution in [0, 0.1) is 22.7 Å². The number of hydrogen-bond donors (Lipinski definition) is 0. The van der Waals surface area contributed by atoms with Crippen LogP contribution in [-0.2, 0) is 11.3 Å². The molecule has 0 aliphatic carbocycles. The van der Waals surface area contributed by atoms with Crippen LogP contribution in [0.25, 0.3) is 0 Å². The maximum absolute atomic E-state index is 14.2. The van der Waals surface area contributed by atoms with Crippen molar-refractivity contribution in [2.24, 2.45) is 11.3 Å². The first kappa shape index (κ1) is 32.0. The highest BCUT2D eigenvalue weighted by atomic mass is 16.5. The zero-order valence-electron chi connectivity index (χ0n) is 26.7. The van der Waals surface area contributed by atoms with E-state index in [1.807, 2.05) is 65.6 Å². The third kappa shape index (κ3) is 7.83. The molecule has 236 valence electrons. The van der Waals surface area contributed by atoms with Crippen LogP contribution in [0.3, 0.4) is 0 Å². The van der Waals surface area contributed by atoms with Crippen molar-refractivity contribution in [3.8, 4) is 11.8 Å². The van der Waals surface area contributed by atoms with Crippen molar-refractivity contribution in [3.63, 3.8) is 0 Å². The summed E-state index contributed by atoms with van der Waals surface area (Å²) in [6, 6.07) is 23.5. The minimum atomic E-state index is -0.109. The topological polar surface area (TPSA) is 89.8 Å². The Labute approximate surface area is 267 Å². The van der Waals surface area contributed by atoms with Crippen LogP contribution in [-0.4, -0.2) is 65.9 Å². The Hall–Kier alpha value is -4.38. The molecule has 8 nitrogen and oxygen atoms in total. The molecule has 0 unspecified atom stereocenters. The van der Waals surface area contributed by atoms with Crippen LogP contribution in [0.5, 0.6) is 5.75 Å². The van der Waals surface area contributed by atoms with Gasteiger partial charge >= 0.3 is 0 Å². The number of likely N-dealkylation sites (tertiary alicyclic amines) is 1. The molecule has 2 aromatic carbocycles. The summed E-state index contributed by atoms with van der Waals surface area (Å²) in [4.78, 5) is 38.2. The predicted octanol–water partition coefficient (Wildman–Crippen LogP) is 6.32. The number of carbonyl (C=O) groups excluding carboxylic acids is 2. The van der Waals surface area contributed by atoms with Crippen LogP contribution >= 0.6 is 0 Å². The van der Waals surface area contributed by atoms with Crippen molar-refractivity contribution < 1.29 is 14.3 Å². The molecule has 1 aromatic heterocycles. The van der Waals surface area contributed by atoms with E-state index < -0.39 is 0 Å². The first-order valence-electron chi connectivity index (χ1n) is 16.4. The second-order valence-electron chi connectivity index (χ2n) is 12.4. The van der Waals surface area contributed by atoms with E-state index in [0.29, 0.717) is 43.1 Å².